The molecule has 1 aromatic rings. The third-order valence-corrected chi connectivity index (χ3v) is 3.00. The van der Waals surface area contributed by atoms with Crippen LogP contribution in [0.5, 0.6) is 0 Å². The summed E-state index contributed by atoms with van der Waals surface area (Å²) >= 11 is 3.03. The first-order chi connectivity index (χ1) is 6.90. The second-order valence-electron chi connectivity index (χ2n) is 3.74. The highest BCUT2D eigenvalue weighted by molar-refractivity contribution is 9.10. The smallest absolute Gasteiger partial charge is 0.264 e. The van der Waals surface area contributed by atoms with Crippen LogP contribution in [0.4, 0.5) is 14.5 Å². The lowest BCUT2D eigenvalue weighted by Crippen LogP contribution is -2.22. The van der Waals surface area contributed by atoms with Crippen molar-refractivity contribution in [1.82, 2.24) is 4.57 Å². The van der Waals surface area contributed by atoms with Crippen molar-refractivity contribution in [2.75, 3.05) is 5.73 Å². The highest BCUT2D eigenvalue weighted by atomic mass is 79.9. The van der Waals surface area contributed by atoms with E-state index in [1.807, 2.05) is 0 Å². The lowest BCUT2D eigenvalue weighted by atomic mass is 10.3. The number of hydrogen-bond donors (Lipinski definition) is 1. The Balaban J connectivity index is 2.26. The van der Waals surface area contributed by atoms with Gasteiger partial charge in [0, 0.05) is 30.8 Å². The first-order valence-electron chi connectivity index (χ1n) is 4.43. The first kappa shape index (κ1) is 10.6. The molecular formula is C9H9BrF2N2O. The Labute approximate surface area is 93.0 Å². The largest absolute Gasteiger partial charge is 0.398 e. The van der Waals surface area contributed by atoms with E-state index < -0.39 is 11.8 Å². The van der Waals surface area contributed by atoms with E-state index in [4.69, 9.17) is 5.73 Å². The van der Waals surface area contributed by atoms with Crippen molar-refractivity contribution in [3.8, 4) is 0 Å². The molecule has 1 aliphatic carbocycles. The van der Waals surface area contributed by atoms with Crippen LogP contribution in [-0.2, 0) is 6.54 Å². The summed E-state index contributed by atoms with van der Waals surface area (Å²) in [5, 5.41) is 0. The fourth-order valence-corrected chi connectivity index (χ4v) is 1.95. The predicted molar refractivity (Wildman–Crippen MR) is 55.9 cm³/mol. The molecule has 82 valence electrons. The topological polar surface area (TPSA) is 48.0 Å². The van der Waals surface area contributed by atoms with Crippen LogP contribution in [0.1, 0.15) is 6.42 Å². The van der Waals surface area contributed by atoms with E-state index in [0.29, 0.717) is 10.2 Å². The minimum Gasteiger partial charge on any atom is -0.398 e. The van der Waals surface area contributed by atoms with Gasteiger partial charge in [0.25, 0.3) is 11.5 Å². The molecule has 1 aliphatic rings. The van der Waals surface area contributed by atoms with Gasteiger partial charge < -0.3 is 10.3 Å². The normalized spacial score (nSPS) is 22.7. The fourth-order valence-electron chi connectivity index (χ4n) is 1.46. The standard InChI is InChI=1S/C9H9BrF2N2O/c10-7-1-6(13)4-14(8(7)15)3-5-2-9(5,11)12/h1,4-5H,2-3,13H2. The van der Waals surface area contributed by atoms with Gasteiger partial charge in [-0.05, 0) is 22.0 Å². The van der Waals surface area contributed by atoms with Gasteiger partial charge in [-0.3, -0.25) is 4.79 Å². The van der Waals surface area contributed by atoms with Gasteiger partial charge in [0.2, 0.25) is 0 Å². The summed E-state index contributed by atoms with van der Waals surface area (Å²) in [6.07, 6.45) is 1.24. The molecule has 0 spiro atoms. The average Bonchev–Trinajstić information content (AvgIpc) is 2.69. The maximum atomic E-state index is 12.7. The Morgan fingerprint density at radius 2 is 2.27 bits per heavy atom. The molecule has 1 saturated carbocycles. The van der Waals surface area contributed by atoms with E-state index in [1.165, 1.54) is 16.8 Å². The number of halogens is 3. The van der Waals surface area contributed by atoms with Gasteiger partial charge in [0.1, 0.15) is 0 Å². The average molecular weight is 279 g/mol. The van der Waals surface area contributed by atoms with Crippen molar-refractivity contribution in [2.45, 2.75) is 18.9 Å². The zero-order chi connectivity index (χ0) is 11.2. The van der Waals surface area contributed by atoms with Crippen molar-refractivity contribution in [2.24, 2.45) is 5.92 Å². The van der Waals surface area contributed by atoms with Crippen LogP contribution in [0.25, 0.3) is 0 Å². The first-order valence-corrected chi connectivity index (χ1v) is 5.23. The second-order valence-corrected chi connectivity index (χ2v) is 4.60. The summed E-state index contributed by atoms with van der Waals surface area (Å²) in [4.78, 5) is 11.5. The summed E-state index contributed by atoms with van der Waals surface area (Å²) < 4.78 is 26.8. The summed E-state index contributed by atoms with van der Waals surface area (Å²) in [5.41, 5.74) is 5.57. The van der Waals surface area contributed by atoms with Crippen LogP contribution in [0.3, 0.4) is 0 Å². The predicted octanol–water partition coefficient (Wildman–Crippen LogP) is 1.85. The van der Waals surface area contributed by atoms with Crippen LogP contribution in [0.15, 0.2) is 21.5 Å². The molecule has 3 nitrogen and oxygen atoms in total. The van der Waals surface area contributed by atoms with Gasteiger partial charge in [-0.15, -0.1) is 0 Å². The maximum Gasteiger partial charge on any atom is 0.264 e. The minimum atomic E-state index is -2.61. The summed E-state index contributed by atoms with van der Waals surface area (Å²) in [5.74, 6) is -3.35. The van der Waals surface area contributed by atoms with Crippen LogP contribution in [0, 0.1) is 5.92 Å². The van der Waals surface area contributed by atoms with Crippen LogP contribution < -0.4 is 11.3 Å². The van der Waals surface area contributed by atoms with Crippen molar-refractivity contribution in [3.05, 3.63) is 27.1 Å². The molecule has 0 bridgehead atoms. The summed E-state index contributed by atoms with van der Waals surface area (Å²) in [7, 11) is 0. The molecule has 15 heavy (non-hydrogen) atoms. The third kappa shape index (κ3) is 2.04. The highest BCUT2D eigenvalue weighted by Crippen LogP contribution is 2.49. The van der Waals surface area contributed by atoms with Crippen LogP contribution >= 0.6 is 15.9 Å². The van der Waals surface area contributed by atoms with E-state index in [2.05, 4.69) is 15.9 Å². The number of hydrogen-bond acceptors (Lipinski definition) is 2. The van der Waals surface area contributed by atoms with Gasteiger partial charge in [0.15, 0.2) is 0 Å². The van der Waals surface area contributed by atoms with Crippen molar-refractivity contribution in [3.63, 3.8) is 0 Å². The van der Waals surface area contributed by atoms with E-state index in [1.54, 1.807) is 0 Å². The number of anilines is 1. The van der Waals surface area contributed by atoms with E-state index in [-0.39, 0.29) is 18.5 Å². The number of nitrogen functional groups attached to an aromatic ring is 1. The molecule has 1 aromatic heterocycles. The van der Waals surface area contributed by atoms with Crippen LogP contribution in [0.2, 0.25) is 0 Å². The molecule has 1 unspecified atom stereocenters. The molecule has 0 aliphatic heterocycles. The number of alkyl halides is 2. The zero-order valence-electron chi connectivity index (χ0n) is 7.71. The molecule has 2 N–H and O–H groups in total. The summed E-state index contributed by atoms with van der Waals surface area (Å²) in [6, 6.07) is 1.46. The fraction of sp³-hybridized carbons (Fsp3) is 0.444. The molecule has 1 atom stereocenters. The number of nitrogens with two attached hydrogens (primary N) is 1. The SMILES string of the molecule is Nc1cc(Br)c(=O)n(CC2CC2(F)F)c1. The number of nitrogens with zero attached hydrogens (tertiary/aromatic N) is 1. The Kier molecular flexibility index (Phi) is 2.33. The number of aromatic nitrogens is 1. The molecule has 1 fully saturated rings. The van der Waals surface area contributed by atoms with Gasteiger partial charge in [-0.2, -0.15) is 0 Å². The molecule has 0 saturated heterocycles. The maximum absolute atomic E-state index is 12.7. The summed E-state index contributed by atoms with van der Waals surface area (Å²) in [6.45, 7) is 0.0233. The molecule has 0 aromatic carbocycles. The van der Waals surface area contributed by atoms with Gasteiger partial charge >= 0.3 is 0 Å². The quantitative estimate of drug-likeness (QED) is 0.898. The third-order valence-electron chi connectivity index (χ3n) is 2.44. The van der Waals surface area contributed by atoms with Gasteiger partial charge in [0.05, 0.1) is 4.47 Å². The van der Waals surface area contributed by atoms with E-state index >= 15 is 0 Å². The molecular weight excluding hydrogens is 270 g/mol. The second kappa shape index (κ2) is 3.30. The molecule has 2 rings (SSSR count). The molecule has 6 heteroatoms. The molecule has 0 radical (unpaired) electrons. The van der Waals surface area contributed by atoms with Crippen molar-refractivity contribution >= 4 is 21.6 Å². The highest BCUT2D eigenvalue weighted by Gasteiger charge is 2.56. The Bertz CT molecular complexity index is 458. The number of pyridine rings is 1. The Morgan fingerprint density at radius 1 is 1.67 bits per heavy atom. The van der Waals surface area contributed by atoms with E-state index in [0.717, 1.165) is 0 Å². The lowest BCUT2D eigenvalue weighted by molar-refractivity contribution is 0.0949. The monoisotopic (exact) mass is 278 g/mol. The molecule has 1 heterocycles. The van der Waals surface area contributed by atoms with E-state index in [9.17, 15) is 13.6 Å². The van der Waals surface area contributed by atoms with Crippen molar-refractivity contribution in [1.29, 1.82) is 0 Å². The zero-order valence-corrected chi connectivity index (χ0v) is 9.30. The Morgan fingerprint density at radius 3 is 2.80 bits per heavy atom. The van der Waals surface area contributed by atoms with Gasteiger partial charge in [-0.25, -0.2) is 8.78 Å². The Hall–Kier alpha value is -0.910. The number of rotatable bonds is 2. The molecule has 0 amide bonds. The van der Waals surface area contributed by atoms with Crippen LogP contribution in [-0.4, -0.2) is 10.5 Å². The minimum absolute atomic E-state index is 0.0233. The lowest BCUT2D eigenvalue weighted by Gasteiger charge is -2.06. The van der Waals surface area contributed by atoms with Crippen molar-refractivity contribution < 1.29 is 8.78 Å². The van der Waals surface area contributed by atoms with Gasteiger partial charge in [-0.1, -0.05) is 0 Å².